The van der Waals surface area contributed by atoms with Crippen molar-refractivity contribution in [2.24, 2.45) is 11.3 Å². The molecule has 2 fully saturated rings. The average Bonchev–Trinajstić information content (AvgIpc) is 3.33. The molecule has 0 radical (unpaired) electrons. The smallest absolute Gasteiger partial charge is 0.410 e. The van der Waals surface area contributed by atoms with E-state index in [1.807, 2.05) is 27.7 Å². The van der Waals surface area contributed by atoms with E-state index in [9.17, 15) is 23.6 Å². The molecule has 2 saturated heterocycles. The highest BCUT2D eigenvalue weighted by atomic mass is 35.5. The Bertz CT molecular complexity index is 1360. The number of benzene rings is 2. The number of piperidine rings is 1. The van der Waals surface area contributed by atoms with E-state index in [1.54, 1.807) is 36.1 Å². The van der Waals surface area contributed by atoms with E-state index < -0.39 is 11.4 Å². The van der Waals surface area contributed by atoms with Crippen molar-refractivity contribution in [3.8, 4) is 6.07 Å². The molecular weight excluding hydrogens is 633 g/mol. The molecule has 2 aliphatic rings. The van der Waals surface area contributed by atoms with Crippen LogP contribution in [0.2, 0.25) is 10.0 Å². The quantitative estimate of drug-likeness (QED) is 0.316. The van der Waals surface area contributed by atoms with E-state index in [2.05, 4.69) is 37.5 Å². The molecule has 2 aromatic carbocycles. The maximum atomic E-state index is 14.2. The molecule has 11 heteroatoms. The second-order valence-electron chi connectivity index (χ2n) is 14.4. The van der Waals surface area contributed by atoms with Gasteiger partial charge in [-0.15, -0.1) is 0 Å². The summed E-state index contributed by atoms with van der Waals surface area (Å²) in [6.45, 7) is 17.6. The molecule has 2 amide bonds. The summed E-state index contributed by atoms with van der Waals surface area (Å²) in [5, 5.41) is 16.2. The normalized spacial score (nSPS) is 20.7. The molecule has 0 saturated carbocycles. The van der Waals surface area contributed by atoms with Gasteiger partial charge in [-0.05, 0) is 88.6 Å². The van der Waals surface area contributed by atoms with E-state index in [0.717, 1.165) is 25.7 Å². The SMILES string of the molecule is CC(C)(C)CC1NCC(c2cccc(Cl)c2F)C1C#N.CC1(NC=O)CCN(C(=O)OC(C)(C)C)CC1.Cc1ccc(Cl)cc1F. The number of hydrogen-bond acceptors (Lipinski definition) is 5. The maximum Gasteiger partial charge on any atom is 0.410 e. The topological polar surface area (TPSA) is 94.5 Å². The van der Waals surface area contributed by atoms with E-state index in [4.69, 9.17) is 27.9 Å². The lowest BCUT2D eigenvalue weighted by molar-refractivity contribution is -0.111. The second kappa shape index (κ2) is 16.8. The fourth-order valence-electron chi connectivity index (χ4n) is 5.32. The van der Waals surface area contributed by atoms with Crippen LogP contribution in [0.5, 0.6) is 0 Å². The molecule has 2 heterocycles. The molecular formula is C35H48Cl2F2N4O3. The Morgan fingerprint density at radius 1 is 1.15 bits per heavy atom. The third kappa shape index (κ3) is 12.4. The molecule has 46 heavy (non-hydrogen) atoms. The van der Waals surface area contributed by atoms with Gasteiger partial charge in [0.25, 0.3) is 0 Å². The van der Waals surface area contributed by atoms with Crippen LogP contribution in [0.25, 0.3) is 0 Å². The van der Waals surface area contributed by atoms with Crippen LogP contribution in [0, 0.1) is 41.2 Å². The standard InChI is InChI=1S/C16H20ClFN2.C12H22N2O3.C7H6ClF/c1-16(2,3)7-14-11(8-19)12(9-20-14)10-5-4-6-13(17)15(10)18;1-11(2,3)17-10(16)14-7-5-12(4,6-8-14)13-9-15;1-5-2-3-6(8)4-7(5)9/h4-6,11-12,14,20H,7,9H2,1-3H3;9H,5-8H2,1-4H3,(H,13,15);2-4H,1H3. The molecule has 3 unspecified atom stereocenters. The number of carbonyl (C=O) groups excluding carboxylic acids is 2. The van der Waals surface area contributed by atoms with Gasteiger partial charge in [0, 0.05) is 42.2 Å². The number of nitrogens with one attached hydrogen (secondary N) is 2. The minimum absolute atomic E-state index is 0.100. The molecule has 3 atom stereocenters. The van der Waals surface area contributed by atoms with Gasteiger partial charge >= 0.3 is 6.09 Å². The highest BCUT2D eigenvalue weighted by Gasteiger charge is 2.40. The van der Waals surface area contributed by atoms with Crippen molar-refractivity contribution < 1.29 is 23.1 Å². The van der Waals surface area contributed by atoms with E-state index >= 15 is 0 Å². The Morgan fingerprint density at radius 3 is 2.28 bits per heavy atom. The van der Waals surface area contributed by atoms with Crippen LogP contribution in [-0.2, 0) is 9.53 Å². The number of likely N-dealkylation sites (tertiary alicyclic amines) is 1. The summed E-state index contributed by atoms with van der Waals surface area (Å²) in [6.07, 6.45) is 2.86. The summed E-state index contributed by atoms with van der Waals surface area (Å²) in [7, 11) is 0. The molecule has 7 nitrogen and oxygen atoms in total. The summed E-state index contributed by atoms with van der Waals surface area (Å²) < 4.78 is 32.0. The van der Waals surface area contributed by atoms with Crippen LogP contribution >= 0.6 is 23.2 Å². The van der Waals surface area contributed by atoms with Crippen LogP contribution in [0.4, 0.5) is 13.6 Å². The van der Waals surface area contributed by atoms with Gasteiger partial charge in [0.2, 0.25) is 6.41 Å². The van der Waals surface area contributed by atoms with Gasteiger partial charge < -0.3 is 20.3 Å². The van der Waals surface area contributed by atoms with Crippen molar-refractivity contribution in [2.45, 2.75) is 97.8 Å². The lowest BCUT2D eigenvalue weighted by atomic mass is 9.79. The van der Waals surface area contributed by atoms with Crippen LogP contribution in [-0.4, -0.2) is 54.2 Å². The zero-order chi connectivity index (χ0) is 34.9. The number of halogens is 4. The van der Waals surface area contributed by atoms with Gasteiger partial charge in [0.1, 0.15) is 17.2 Å². The Labute approximate surface area is 283 Å². The lowest BCUT2D eigenvalue weighted by Crippen LogP contribution is -2.52. The second-order valence-corrected chi connectivity index (χ2v) is 15.2. The summed E-state index contributed by atoms with van der Waals surface area (Å²) in [5.74, 6) is -0.992. The minimum Gasteiger partial charge on any atom is -0.444 e. The van der Waals surface area contributed by atoms with Gasteiger partial charge in [-0.25, -0.2) is 13.6 Å². The summed E-state index contributed by atoms with van der Waals surface area (Å²) >= 11 is 11.3. The number of nitriles is 1. The predicted molar refractivity (Wildman–Crippen MR) is 180 cm³/mol. The molecule has 0 spiro atoms. The average molecular weight is 682 g/mol. The maximum absolute atomic E-state index is 14.2. The van der Waals surface area contributed by atoms with Gasteiger partial charge in [-0.3, -0.25) is 4.79 Å². The van der Waals surface area contributed by atoms with Crippen molar-refractivity contribution in [3.05, 3.63) is 69.2 Å². The largest absolute Gasteiger partial charge is 0.444 e. The minimum atomic E-state index is -0.459. The third-order valence-corrected chi connectivity index (χ3v) is 8.42. The Morgan fingerprint density at radius 2 is 1.78 bits per heavy atom. The number of hydrogen-bond donors (Lipinski definition) is 2. The third-order valence-electron chi connectivity index (χ3n) is 7.89. The fraction of sp³-hybridized carbons (Fsp3) is 0.571. The number of ether oxygens (including phenoxy) is 1. The number of rotatable bonds is 4. The van der Waals surface area contributed by atoms with Gasteiger partial charge in [0.05, 0.1) is 17.0 Å². The van der Waals surface area contributed by atoms with Crippen LogP contribution in [0.15, 0.2) is 36.4 Å². The van der Waals surface area contributed by atoms with Crippen molar-refractivity contribution >= 4 is 35.7 Å². The first-order valence-corrected chi connectivity index (χ1v) is 16.2. The monoisotopic (exact) mass is 680 g/mol. The number of nitrogens with zero attached hydrogens (tertiary/aromatic N) is 2. The van der Waals surface area contributed by atoms with Crippen LogP contribution in [0.3, 0.4) is 0 Å². The van der Waals surface area contributed by atoms with Crippen LogP contribution in [0.1, 0.15) is 84.8 Å². The van der Waals surface area contributed by atoms with Gasteiger partial charge in [-0.1, -0.05) is 62.2 Å². The Hall–Kier alpha value is -2.93. The molecule has 2 aliphatic heterocycles. The summed E-state index contributed by atoms with van der Waals surface area (Å²) in [4.78, 5) is 24.0. The first-order valence-electron chi connectivity index (χ1n) is 15.5. The predicted octanol–water partition coefficient (Wildman–Crippen LogP) is 8.42. The van der Waals surface area contributed by atoms with Crippen molar-refractivity contribution in [3.63, 3.8) is 0 Å². The van der Waals surface area contributed by atoms with Crippen molar-refractivity contribution in [1.29, 1.82) is 5.26 Å². The molecule has 0 bridgehead atoms. The molecule has 4 rings (SSSR count). The molecule has 254 valence electrons. The lowest BCUT2D eigenvalue weighted by Gasteiger charge is -2.39. The first kappa shape index (κ1) is 39.2. The summed E-state index contributed by atoms with van der Waals surface area (Å²) in [5.41, 5.74) is 0.653. The molecule has 0 aromatic heterocycles. The van der Waals surface area contributed by atoms with Gasteiger partial charge in [-0.2, -0.15) is 5.26 Å². The zero-order valence-electron chi connectivity index (χ0n) is 28.1. The Kier molecular flexibility index (Phi) is 14.3. The number of carbonyl (C=O) groups is 2. The van der Waals surface area contributed by atoms with Gasteiger partial charge in [0.15, 0.2) is 0 Å². The fourth-order valence-corrected chi connectivity index (χ4v) is 5.67. The van der Waals surface area contributed by atoms with E-state index in [0.29, 0.717) is 35.8 Å². The number of aryl methyl sites for hydroxylation is 1. The zero-order valence-corrected chi connectivity index (χ0v) is 29.7. The van der Waals surface area contributed by atoms with Crippen molar-refractivity contribution in [2.75, 3.05) is 19.6 Å². The molecule has 2 N–H and O–H groups in total. The molecule has 0 aliphatic carbocycles. The van der Waals surface area contributed by atoms with Crippen molar-refractivity contribution in [1.82, 2.24) is 15.5 Å². The van der Waals surface area contributed by atoms with Crippen LogP contribution < -0.4 is 10.6 Å². The van der Waals surface area contributed by atoms with E-state index in [-0.39, 0.29) is 45.8 Å². The number of amides is 2. The highest BCUT2D eigenvalue weighted by Crippen LogP contribution is 2.38. The molecule has 2 aromatic rings. The first-order chi connectivity index (χ1) is 21.3. The van der Waals surface area contributed by atoms with E-state index in [1.165, 1.54) is 12.1 Å². The Balaban J connectivity index is 0.000000256. The summed E-state index contributed by atoms with van der Waals surface area (Å²) in [6, 6.07) is 12.1. The highest BCUT2D eigenvalue weighted by molar-refractivity contribution is 6.31.